The lowest BCUT2D eigenvalue weighted by atomic mass is 9.82. The first-order valence-corrected chi connectivity index (χ1v) is 6.29. The second-order valence-corrected chi connectivity index (χ2v) is 5.36. The molecule has 1 aromatic carbocycles. The molecule has 0 amide bonds. The Morgan fingerprint density at radius 3 is 2.11 bits per heavy atom. The molecule has 0 fully saturated rings. The van der Waals surface area contributed by atoms with Crippen LogP contribution in [0.25, 0.3) is 0 Å². The second-order valence-electron chi connectivity index (χ2n) is 5.36. The van der Waals surface area contributed by atoms with Crippen LogP contribution in [0.15, 0.2) is 54.8 Å². The van der Waals surface area contributed by atoms with Crippen LogP contribution in [-0.2, 0) is 0 Å². The fraction of sp³-hybridized carbons (Fsp3) is 0.353. The van der Waals surface area contributed by atoms with Crippen LogP contribution < -0.4 is 0 Å². The number of benzene rings is 1. The van der Waals surface area contributed by atoms with Crippen LogP contribution in [0.5, 0.6) is 0 Å². The molecule has 0 radical (unpaired) electrons. The van der Waals surface area contributed by atoms with Gasteiger partial charge < -0.3 is 10.2 Å². The minimum Gasteiger partial charge on any atom is -0.388 e. The van der Waals surface area contributed by atoms with Gasteiger partial charge in [-0.1, -0.05) is 50.8 Å². The summed E-state index contributed by atoms with van der Waals surface area (Å²) in [6.07, 6.45) is 0.425. The molecule has 1 aromatic rings. The number of hydrogen-bond acceptors (Lipinski definition) is 2. The van der Waals surface area contributed by atoms with Crippen molar-refractivity contribution >= 4 is 0 Å². The smallest absolute Gasteiger partial charge is 0.107 e. The van der Waals surface area contributed by atoms with Gasteiger partial charge in [-0.3, -0.25) is 0 Å². The third-order valence-corrected chi connectivity index (χ3v) is 3.49. The van der Waals surface area contributed by atoms with E-state index in [0.717, 1.165) is 11.1 Å². The summed E-state index contributed by atoms with van der Waals surface area (Å²) in [4.78, 5) is 0. The lowest BCUT2D eigenvalue weighted by Crippen LogP contribution is -2.19. The molecule has 2 nitrogen and oxygen atoms in total. The van der Waals surface area contributed by atoms with Crippen molar-refractivity contribution in [1.82, 2.24) is 0 Å². The van der Waals surface area contributed by atoms with Crippen LogP contribution in [0.4, 0.5) is 0 Å². The van der Waals surface area contributed by atoms with Gasteiger partial charge in [0.1, 0.15) is 6.10 Å². The fourth-order valence-corrected chi connectivity index (χ4v) is 1.75. The van der Waals surface area contributed by atoms with Gasteiger partial charge in [0, 0.05) is 11.0 Å². The third-order valence-electron chi connectivity index (χ3n) is 3.49. The van der Waals surface area contributed by atoms with E-state index in [1.54, 1.807) is 13.0 Å². The van der Waals surface area contributed by atoms with E-state index in [-0.39, 0.29) is 0 Å². The van der Waals surface area contributed by atoms with Crippen LogP contribution in [0.1, 0.15) is 44.1 Å². The van der Waals surface area contributed by atoms with E-state index in [2.05, 4.69) is 18.9 Å². The molecule has 0 aromatic heterocycles. The summed E-state index contributed by atoms with van der Waals surface area (Å²) in [7, 11) is 0. The van der Waals surface area contributed by atoms with Gasteiger partial charge in [-0.05, 0) is 18.1 Å². The van der Waals surface area contributed by atoms with Crippen molar-refractivity contribution in [2.75, 3.05) is 0 Å². The Morgan fingerprint density at radius 1 is 1.21 bits per heavy atom. The van der Waals surface area contributed by atoms with E-state index < -0.39 is 17.6 Å². The van der Waals surface area contributed by atoms with Gasteiger partial charge in [0.15, 0.2) is 0 Å². The summed E-state index contributed by atoms with van der Waals surface area (Å²) in [5.74, 6) is 0. The number of aliphatic hydroxyl groups is 2. The van der Waals surface area contributed by atoms with Gasteiger partial charge in [-0.2, -0.15) is 0 Å². The molecule has 0 heterocycles. The molecule has 2 heteroatoms. The zero-order chi connectivity index (χ0) is 14.6. The Morgan fingerprint density at radius 2 is 1.68 bits per heavy atom. The minimum atomic E-state index is -0.698. The maximum absolute atomic E-state index is 10.3. The Hall–Kier alpha value is -1.60. The highest BCUT2D eigenvalue weighted by Crippen LogP contribution is 2.34. The van der Waals surface area contributed by atoms with Crippen LogP contribution in [0.2, 0.25) is 0 Å². The largest absolute Gasteiger partial charge is 0.388 e. The molecular weight excluding hydrogens is 236 g/mol. The SMILES string of the molecule is C=C=C(C)C(O)c1ccc(C(O)C(C)(C)C=C)cc1. The van der Waals surface area contributed by atoms with Crippen LogP contribution in [0, 0.1) is 5.41 Å². The lowest BCUT2D eigenvalue weighted by molar-refractivity contribution is 0.0821. The molecule has 2 unspecified atom stereocenters. The van der Waals surface area contributed by atoms with Crippen LogP contribution in [-0.4, -0.2) is 10.2 Å². The second kappa shape index (κ2) is 6.03. The molecule has 0 bridgehead atoms. The van der Waals surface area contributed by atoms with Gasteiger partial charge in [0.25, 0.3) is 0 Å². The van der Waals surface area contributed by atoms with E-state index in [4.69, 9.17) is 0 Å². The summed E-state index contributed by atoms with van der Waals surface area (Å²) < 4.78 is 0. The van der Waals surface area contributed by atoms with Crippen molar-refractivity contribution in [2.24, 2.45) is 5.41 Å². The van der Waals surface area contributed by atoms with E-state index in [1.165, 1.54) is 0 Å². The molecule has 0 spiro atoms. The maximum Gasteiger partial charge on any atom is 0.107 e. The molecule has 19 heavy (non-hydrogen) atoms. The normalized spacial score (nSPS) is 14.4. The van der Waals surface area contributed by atoms with Crippen molar-refractivity contribution in [3.05, 3.63) is 65.9 Å². The van der Waals surface area contributed by atoms with Crippen molar-refractivity contribution < 1.29 is 10.2 Å². The van der Waals surface area contributed by atoms with Crippen LogP contribution in [0.3, 0.4) is 0 Å². The monoisotopic (exact) mass is 258 g/mol. The first kappa shape index (κ1) is 15.5. The molecule has 102 valence electrons. The summed E-state index contributed by atoms with van der Waals surface area (Å²) in [6.45, 7) is 12.9. The van der Waals surface area contributed by atoms with E-state index >= 15 is 0 Å². The van der Waals surface area contributed by atoms with Crippen molar-refractivity contribution in [3.8, 4) is 0 Å². The molecule has 0 aliphatic carbocycles. The van der Waals surface area contributed by atoms with E-state index in [0.29, 0.717) is 5.57 Å². The van der Waals surface area contributed by atoms with Crippen molar-refractivity contribution in [1.29, 1.82) is 0 Å². The van der Waals surface area contributed by atoms with Gasteiger partial charge in [0.2, 0.25) is 0 Å². The Labute approximate surface area is 115 Å². The molecule has 2 N–H and O–H groups in total. The average molecular weight is 258 g/mol. The fourth-order valence-electron chi connectivity index (χ4n) is 1.75. The van der Waals surface area contributed by atoms with Crippen molar-refractivity contribution in [2.45, 2.75) is 33.0 Å². The lowest BCUT2D eigenvalue weighted by Gasteiger charge is -2.27. The summed E-state index contributed by atoms with van der Waals surface area (Å²) in [5.41, 5.74) is 4.55. The Kier molecular flexibility index (Phi) is 4.90. The molecule has 1 rings (SSSR count). The average Bonchev–Trinajstić information content (AvgIpc) is 2.44. The minimum absolute atomic E-state index is 0.392. The van der Waals surface area contributed by atoms with Gasteiger partial charge in [-0.25, -0.2) is 0 Å². The quantitative estimate of drug-likeness (QED) is 0.624. The molecule has 0 saturated carbocycles. The zero-order valence-corrected chi connectivity index (χ0v) is 11.9. The van der Waals surface area contributed by atoms with Crippen molar-refractivity contribution in [3.63, 3.8) is 0 Å². The first-order valence-electron chi connectivity index (χ1n) is 6.29. The predicted octanol–water partition coefficient (Wildman–Crippen LogP) is 3.70. The van der Waals surface area contributed by atoms with Gasteiger partial charge in [0.05, 0.1) is 6.10 Å². The highest BCUT2D eigenvalue weighted by atomic mass is 16.3. The third kappa shape index (κ3) is 3.45. The standard InChI is InChI=1S/C17H22O2/c1-6-12(3)15(18)13-8-10-14(11-9-13)16(19)17(4,5)7-2/h7-11,15-16,18-19H,1-2H2,3-5H3. The molecule has 0 aliphatic heterocycles. The van der Waals surface area contributed by atoms with E-state index in [1.807, 2.05) is 38.1 Å². The first-order chi connectivity index (χ1) is 8.83. The highest BCUT2D eigenvalue weighted by molar-refractivity contribution is 5.30. The Balaban J connectivity index is 3.00. The zero-order valence-electron chi connectivity index (χ0n) is 11.9. The van der Waals surface area contributed by atoms with E-state index in [9.17, 15) is 10.2 Å². The molecule has 2 atom stereocenters. The number of aliphatic hydroxyl groups excluding tert-OH is 2. The molecule has 0 saturated heterocycles. The highest BCUT2D eigenvalue weighted by Gasteiger charge is 2.25. The number of hydrogen-bond donors (Lipinski definition) is 2. The molecular formula is C17H22O2. The summed E-state index contributed by atoms with van der Waals surface area (Å²) in [5, 5.41) is 20.3. The molecule has 0 aliphatic rings. The maximum atomic E-state index is 10.3. The predicted molar refractivity (Wildman–Crippen MR) is 78.7 cm³/mol. The topological polar surface area (TPSA) is 40.5 Å². The summed E-state index contributed by atoms with van der Waals surface area (Å²) in [6, 6.07) is 7.27. The van der Waals surface area contributed by atoms with Crippen LogP contribution >= 0.6 is 0 Å². The number of rotatable bonds is 5. The summed E-state index contributed by atoms with van der Waals surface area (Å²) >= 11 is 0. The van der Waals surface area contributed by atoms with Gasteiger partial charge in [-0.15, -0.1) is 12.3 Å². The Bertz CT molecular complexity index is 490. The van der Waals surface area contributed by atoms with Gasteiger partial charge >= 0.3 is 0 Å².